The van der Waals surface area contributed by atoms with Gasteiger partial charge in [0, 0.05) is 12.3 Å². The maximum Gasteiger partial charge on any atom is 0.309 e. The number of ether oxygens (including phenoxy) is 1. The molecule has 0 saturated carbocycles. The van der Waals surface area contributed by atoms with E-state index in [1.807, 2.05) is 25.2 Å². The molecule has 2 atom stereocenters. The molecule has 0 radical (unpaired) electrons. The van der Waals surface area contributed by atoms with Crippen molar-refractivity contribution in [2.45, 2.75) is 20.3 Å². The molecule has 6 heteroatoms. The Kier molecular flexibility index (Phi) is 8.21. The standard InChI is InChI=1S/C16H26NO4P/c1-4-20-16(18)14(2)13-22(19,12-8-11-17-3)21-15-9-6-5-7-10-15/h5-7,9-10,14,17H,4,8,11-13H2,1-3H3/t14-,22?/m1/s1. The summed E-state index contributed by atoms with van der Waals surface area (Å²) in [4.78, 5) is 11.8. The molecule has 1 aromatic rings. The van der Waals surface area contributed by atoms with E-state index >= 15 is 0 Å². The van der Waals surface area contributed by atoms with Crippen molar-refractivity contribution in [1.82, 2.24) is 5.32 Å². The molecular formula is C16H26NO4P. The fraction of sp³-hybridized carbons (Fsp3) is 0.562. The summed E-state index contributed by atoms with van der Waals surface area (Å²) in [5.41, 5.74) is 0. The van der Waals surface area contributed by atoms with Crippen molar-refractivity contribution < 1.29 is 18.6 Å². The molecule has 0 aliphatic carbocycles. The van der Waals surface area contributed by atoms with Crippen LogP contribution in [0.2, 0.25) is 0 Å². The summed E-state index contributed by atoms with van der Waals surface area (Å²) in [5, 5.41) is 3.03. The van der Waals surface area contributed by atoms with Gasteiger partial charge in [-0.05, 0) is 39.1 Å². The van der Waals surface area contributed by atoms with Crippen LogP contribution in [-0.4, -0.2) is 38.5 Å². The Labute approximate surface area is 132 Å². The number of nitrogens with one attached hydrogen (secondary N) is 1. The summed E-state index contributed by atoms with van der Waals surface area (Å²) in [6.07, 6.45) is 1.37. The SMILES string of the molecule is CCOC(=O)[C@H](C)CP(=O)(CCCNC)Oc1ccccc1. The first-order valence-corrected chi connectivity index (χ1v) is 9.64. The highest BCUT2D eigenvalue weighted by atomic mass is 31.2. The van der Waals surface area contributed by atoms with Crippen LogP contribution >= 0.6 is 7.37 Å². The second-order valence-electron chi connectivity index (χ2n) is 5.24. The van der Waals surface area contributed by atoms with Gasteiger partial charge in [-0.2, -0.15) is 0 Å². The first-order chi connectivity index (χ1) is 10.5. The van der Waals surface area contributed by atoms with Crippen molar-refractivity contribution in [3.8, 4) is 5.75 Å². The molecule has 1 aromatic carbocycles. The van der Waals surface area contributed by atoms with Crippen LogP contribution in [0.3, 0.4) is 0 Å². The van der Waals surface area contributed by atoms with Gasteiger partial charge in [-0.25, -0.2) is 0 Å². The highest BCUT2D eigenvalue weighted by Crippen LogP contribution is 2.49. The van der Waals surface area contributed by atoms with Gasteiger partial charge in [-0.15, -0.1) is 0 Å². The van der Waals surface area contributed by atoms with Crippen molar-refractivity contribution >= 4 is 13.3 Å². The Morgan fingerprint density at radius 3 is 2.59 bits per heavy atom. The molecule has 0 fully saturated rings. The molecule has 0 bridgehead atoms. The average Bonchev–Trinajstić information content (AvgIpc) is 2.48. The van der Waals surface area contributed by atoms with Crippen LogP contribution < -0.4 is 9.84 Å². The number of carbonyl (C=O) groups excluding carboxylic acids is 1. The van der Waals surface area contributed by atoms with Gasteiger partial charge >= 0.3 is 5.97 Å². The van der Waals surface area contributed by atoms with Crippen LogP contribution in [0, 0.1) is 5.92 Å². The molecule has 1 rings (SSSR count). The zero-order chi connectivity index (χ0) is 16.4. The lowest BCUT2D eigenvalue weighted by atomic mass is 10.2. The van der Waals surface area contributed by atoms with Gasteiger partial charge in [0.2, 0.25) is 7.37 Å². The maximum absolute atomic E-state index is 13.1. The van der Waals surface area contributed by atoms with Crippen LogP contribution in [0.15, 0.2) is 30.3 Å². The average molecular weight is 327 g/mol. The summed E-state index contributed by atoms with van der Waals surface area (Å²) in [6, 6.07) is 9.10. The third-order valence-corrected chi connectivity index (χ3v) is 5.83. The van der Waals surface area contributed by atoms with E-state index in [9.17, 15) is 9.36 Å². The van der Waals surface area contributed by atoms with Gasteiger partial charge in [-0.3, -0.25) is 9.36 Å². The Hall–Kier alpha value is -1.32. The molecule has 0 spiro atoms. The third kappa shape index (κ3) is 6.63. The molecular weight excluding hydrogens is 301 g/mol. The minimum absolute atomic E-state index is 0.199. The Balaban J connectivity index is 2.77. The molecule has 0 amide bonds. The monoisotopic (exact) mass is 327 g/mol. The van der Waals surface area contributed by atoms with Gasteiger partial charge in [0.25, 0.3) is 0 Å². The molecule has 0 saturated heterocycles. The number of hydrogen-bond acceptors (Lipinski definition) is 5. The normalized spacial score (nSPS) is 14.9. The van der Waals surface area contributed by atoms with Gasteiger partial charge in [0.1, 0.15) is 5.75 Å². The minimum atomic E-state index is -2.95. The Bertz CT molecular complexity index is 492. The van der Waals surface area contributed by atoms with E-state index in [4.69, 9.17) is 9.26 Å². The van der Waals surface area contributed by atoms with E-state index in [2.05, 4.69) is 5.32 Å². The van der Waals surface area contributed by atoms with Crippen molar-refractivity contribution in [2.75, 3.05) is 32.5 Å². The van der Waals surface area contributed by atoms with Crippen LogP contribution in [0.25, 0.3) is 0 Å². The van der Waals surface area contributed by atoms with Gasteiger partial charge in [0.05, 0.1) is 12.5 Å². The fourth-order valence-corrected chi connectivity index (χ4v) is 4.60. The number of rotatable bonds is 10. The van der Waals surface area contributed by atoms with Crippen LogP contribution in [0.5, 0.6) is 5.75 Å². The molecule has 0 heterocycles. The van der Waals surface area contributed by atoms with E-state index in [1.165, 1.54) is 0 Å². The number of carbonyl (C=O) groups is 1. The van der Waals surface area contributed by atoms with Crippen molar-refractivity contribution in [1.29, 1.82) is 0 Å². The molecule has 0 aliphatic heterocycles. The van der Waals surface area contributed by atoms with Crippen molar-refractivity contribution in [3.05, 3.63) is 30.3 Å². The number of hydrogen-bond donors (Lipinski definition) is 1. The van der Waals surface area contributed by atoms with Gasteiger partial charge < -0.3 is 14.6 Å². The van der Waals surface area contributed by atoms with Crippen LogP contribution in [0.1, 0.15) is 20.3 Å². The van der Waals surface area contributed by atoms with Gasteiger partial charge in [0.15, 0.2) is 0 Å². The summed E-state index contributed by atoms with van der Waals surface area (Å²) in [5.74, 6) is -0.191. The third-order valence-electron chi connectivity index (χ3n) is 3.18. The van der Waals surface area contributed by atoms with E-state index in [0.29, 0.717) is 18.5 Å². The van der Waals surface area contributed by atoms with E-state index in [1.54, 1.807) is 26.0 Å². The van der Waals surface area contributed by atoms with Crippen molar-refractivity contribution in [2.24, 2.45) is 5.92 Å². The van der Waals surface area contributed by atoms with E-state index in [-0.39, 0.29) is 12.1 Å². The zero-order valence-corrected chi connectivity index (χ0v) is 14.5. The Morgan fingerprint density at radius 2 is 2.00 bits per heavy atom. The molecule has 0 aromatic heterocycles. The first kappa shape index (κ1) is 18.7. The smallest absolute Gasteiger partial charge is 0.309 e. The lowest BCUT2D eigenvalue weighted by Gasteiger charge is -2.22. The van der Waals surface area contributed by atoms with E-state index < -0.39 is 13.3 Å². The minimum Gasteiger partial charge on any atom is -0.466 e. The predicted molar refractivity (Wildman–Crippen MR) is 88.8 cm³/mol. The van der Waals surface area contributed by atoms with Gasteiger partial charge in [-0.1, -0.05) is 25.1 Å². The number of esters is 1. The lowest BCUT2D eigenvalue weighted by molar-refractivity contribution is -0.146. The summed E-state index contributed by atoms with van der Waals surface area (Å²) < 4.78 is 23.9. The molecule has 5 nitrogen and oxygen atoms in total. The summed E-state index contributed by atoms with van der Waals surface area (Å²) in [7, 11) is -1.09. The molecule has 124 valence electrons. The maximum atomic E-state index is 13.1. The highest BCUT2D eigenvalue weighted by molar-refractivity contribution is 7.59. The largest absolute Gasteiger partial charge is 0.466 e. The Morgan fingerprint density at radius 1 is 1.32 bits per heavy atom. The fourth-order valence-electron chi connectivity index (χ4n) is 2.12. The topological polar surface area (TPSA) is 64.6 Å². The summed E-state index contributed by atoms with van der Waals surface area (Å²) in [6.45, 7) is 4.58. The van der Waals surface area contributed by atoms with E-state index in [0.717, 1.165) is 13.0 Å². The number of benzene rings is 1. The molecule has 1 N–H and O–H groups in total. The first-order valence-electron chi connectivity index (χ1n) is 7.64. The predicted octanol–water partition coefficient (Wildman–Crippen LogP) is 3.15. The molecule has 0 aliphatic rings. The summed E-state index contributed by atoms with van der Waals surface area (Å²) >= 11 is 0. The second kappa shape index (κ2) is 9.65. The lowest BCUT2D eigenvalue weighted by Crippen LogP contribution is -2.21. The second-order valence-corrected chi connectivity index (χ2v) is 7.86. The molecule has 1 unspecified atom stereocenters. The van der Waals surface area contributed by atoms with Crippen LogP contribution in [-0.2, 0) is 14.1 Å². The highest BCUT2D eigenvalue weighted by Gasteiger charge is 2.30. The van der Waals surface area contributed by atoms with Crippen LogP contribution in [0.4, 0.5) is 0 Å². The quantitative estimate of drug-likeness (QED) is 0.406. The zero-order valence-electron chi connectivity index (χ0n) is 13.6. The van der Waals surface area contributed by atoms with Crippen molar-refractivity contribution in [3.63, 3.8) is 0 Å². The molecule has 22 heavy (non-hydrogen) atoms. The number of para-hydroxylation sites is 1.